The monoisotopic (exact) mass is 568 g/mol. The van der Waals surface area contributed by atoms with E-state index in [4.69, 9.17) is 9.15 Å². The second kappa shape index (κ2) is 12.7. The van der Waals surface area contributed by atoms with Crippen molar-refractivity contribution in [2.75, 3.05) is 38.2 Å². The molecular weight excluding hydrogens is 536 g/mol. The molecule has 0 bridgehead atoms. The Balaban J connectivity index is 1.29. The van der Waals surface area contributed by atoms with Crippen LogP contribution in [0, 0.1) is 11.3 Å². The maximum Gasteiger partial charge on any atom is 0.238 e. The van der Waals surface area contributed by atoms with Crippen LogP contribution >= 0.6 is 0 Å². The highest BCUT2D eigenvalue weighted by Crippen LogP contribution is 2.42. The molecule has 0 spiro atoms. The highest BCUT2D eigenvalue weighted by atomic mass is 16.5. The quantitative estimate of drug-likeness (QED) is 0.198. The lowest BCUT2D eigenvalue weighted by Crippen LogP contribution is -2.45. The van der Waals surface area contributed by atoms with Gasteiger partial charge in [0.05, 0.1) is 7.11 Å². The molecule has 0 aliphatic carbocycles. The molecule has 1 aliphatic rings. The number of nitrogens with zero attached hydrogens (tertiary/aromatic N) is 4. The molecule has 43 heavy (non-hydrogen) atoms. The first-order valence-corrected chi connectivity index (χ1v) is 14.3. The molecule has 1 saturated heterocycles. The van der Waals surface area contributed by atoms with Crippen LogP contribution in [0.4, 0.5) is 11.6 Å². The maximum atomic E-state index is 11.0. The predicted octanol–water partition coefficient (Wildman–Crippen LogP) is 7.27. The van der Waals surface area contributed by atoms with Crippen molar-refractivity contribution in [2.24, 2.45) is 4.99 Å². The molecule has 0 unspecified atom stereocenters. The van der Waals surface area contributed by atoms with Gasteiger partial charge in [0.25, 0.3) is 0 Å². The third kappa shape index (κ3) is 6.01. The fourth-order valence-electron chi connectivity index (χ4n) is 5.50. The van der Waals surface area contributed by atoms with Gasteiger partial charge in [0.2, 0.25) is 5.88 Å². The van der Waals surface area contributed by atoms with Crippen molar-refractivity contribution in [3.63, 3.8) is 0 Å². The number of methoxy groups -OCH3 is 1. The van der Waals surface area contributed by atoms with Gasteiger partial charge in [0.15, 0.2) is 11.5 Å². The van der Waals surface area contributed by atoms with E-state index in [-0.39, 0.29) is 11.6 Å². The van der Waals surface area contributed by atoms with E-state index in [2.05, 4.69) is 45.1 Å². The van der Waals surface area contributed by atoms with Crippen LogP contribution in [0.3, 0.4) is 0 Å². The fraction of sp³-hybridized carbons (Fsp3) is 0.167. The lowest BCUT2D eigenvalue weighted by Gasteiger charge is -2.36. The summed E-state index contributed by atoms with van der Waals surface area (Å²) in [5.74, 6) is 1.32. The van der Waals surface area contributed by atoms with E-state index in [1.807, 2.05) is 72.8 Å². The van der Waals surface area contributed by atoms with Crippen molar-refractivity contribution in [1.29, 1.82) is 5.26 Å². The Morgan fingerprint density at radius 2 is 1.51 bits per heavy atom. The minimum absolute atomic E-state index is 0.124. The molecule has 1 N–H and O–H groups in total. The molecule has 4 aromatic carbocycles. The van der Waals surface area contributed by atoms with E-state index in [0.29, 0.717) is 29.2 Å². The number of benzene rings is 4. The molecule has 1 fully saturated rings. The summed E-state index contributed by atoms with van der Waals surface area (Å²) in [5.41, 5.74) is 5.53. The van der Waals surface area contributed by atoms with Gasteiger partial charge >= 0.3 is 0 Å². The van der Waals surface area contributed by atoms with Crippen molar-refractivity contribution < 1.29 is 14.3 Å². The van der Waals surface area contributed by atoms with Crippen LogP contribution in [0.15, 0.2) is 113 Å². The SMILES string of the molecule is COc1cc(C=Nc2oc(-c3ccccc3)c(-c3ccccc3)c2C#N)cc(CN2CCN(c3ccccc3)CC2)c1O. The summed E-state index contributed by atoms with van der Waals surface area (Å²) in [5, 5.41) is 21.2. The number of aliphatic imine (C=N–C) groups is 1. The van der Waals surface area contributed by atoms with Gasteiger partial charge in [0, 0.05) is 61.3 Å². The molecule has 214 valence electrons. The molecule has 7 nitrogen and oxygen atoms in total. The van der Waals surface area contributed by atoms with Crippen LogP contribution < -0.4 is 9.64 Å². The zero-order valence-corrected chi connectivity index (χ0v) is 24.0. The van der Waals surface area contributed by atoms with Crippen molar-refractivity contribution in [1.82, 2.24) is 4.90 Å². The molecule has 6 rings (SSSR count). The molecule has 0 amide bonds. The Kier molecular flexibility index (Phi) is 8.21. The van der Waals surface area contributed by atoms with Gasteiger partial charge < -0.3 is 19.2 Å². The Labute approximate surface area is 251 Å². The van der Waals surface area contributed by atoms with Crippen LogP contribution in [0.5, 0.6) is 11.5 Å². The summed E-state index contributed by atoms with van der Waals surface area (Å²) in [6.45, 7) is 4.14. The smallest absolute Gasteiger partial charge is 0.238 e. The van der Waals surface area contributed by atoms with Crippen molar-refractivity contribution in [3.8, 4) is 40.0 Å². The van der Waals surface area contributed by atoms with Gasteiger partial charge in [-0.2, -0.15) is 5.26 Å². The van der Waals surface area contributed by atoms with Crippen molar-refractivity contribution >= 4 is 17.8 Å². The number of piperazine rings is 1. The molecular formula is C36H32N4O3. The zero-order chi connectivity index (χ0) is 29.6. The minimum Gasteiger partial charge on any atom is -0.504 e. The molecule has 0 atom stereocenters. The number of rotatable bonds is 8. The third-order valence-electron chi connectivity index (χ3n) is 7.71. The molecule has 2 heterocycles. The zero-order valence-electron chi connectivity index (χ0n) is 24.0. The number of hydrogen-bond acceptors (Lipinski definition) is 7. The Hall–Kier alpha value is -5.32. The van der Waals surface area contributed by atoms with Gasteiger partial charge in [-0.25, -0.2) is 4.99 Å². The van der Waals surface area contributed by atoms with Gasteiger partial charge in [-0.15, -0.1) is 0 Å². The van der Waals surface area contributed by atoms with Gasteiger partial charge in [-0.3, -0.25) is 4.90 Å². The highest BCUT2D eigenvalue weighted by molar-refractivity contribution is 5.90. The summed E-state index contributed by atoms with van der Waals surface area (Å²) in [7, 11) is 1.54. The van der Waals surface area contributed by atoms with Crippen LogP contribution in [0.25, 0.3) is 22.5 Å². The largest absolute Gasteiger partial charge is 0.504 e. The molecule has 0 radical (unpaired) electrons. The Morgan fingerprint density at radius 3 is 2.14 bits per heavy atom. The Bertz CT molecular complexity index is 1750. The number of phenolic OH excluding ortho intramolecular Hbond substituents is 1. The first-order chi connectivity index (χ1) is 21.1. The predicted molar refractivity (Wildman–Crippen MR) is 170 cm³/mol. The van der Waals surface area contributed by atoms with Crippen LogP contribution in [-0.2, 0) is 6.54 Å². The van der Waals surface area contributed by atoms with E-state index in [1.165, 1.54) is 12.8 Å². The topological polar surface area (TPSA) is 85.2 Å². The Morgan fingerprint density at radius 1 is 0.884 bits per heavy atom. The number of aromatic hydroxyl groups is 1. The average molecular weight is 569 g/mol. The van der Waals surface area contributed by atoms with E-state index in [0.717, 1.165) is 48.4 Å². The normalized spacial score (nSPS) is 13.7. The maximum absolute atomic E-state index is 11.0. The fourth-order valence-corrected chi connectivity index (χ4v) is 5.50. The number of nitriles is 1. The van der Waals surface area contributed by atoms with Gasteiger partial charge in [-0.05, 0) is 35.4 Å². The second-order valence-corrected chi connectivity index (χ2v) is 10.4. The summed E-state index contributed by atoms with van der Waals surface area (Å²) in [4.78, 5) is 9.35. The number of para-hydroxylation sites is 1. The van der Waals surface area contributed by atoms with E-state index >= 15 is 0 Å². The van der Waals surface area contributed by atoms with E-state index in [9.17, 15) is 10.4 Å². The number of hydrogen-bond donors (Lipinski definition) is 1. The second-order valence-electron chi connectivity index (χ2n) is 10.4. The highest BCUT2D eigenvalue weighted by Gasteiger charge is 2.23. The molecule has 1 aromatic heterocycles. The van der Waals surface area contributed by atoms with Crippen LogP contribution in [-0.4, -0.2) is 49.5 Å². The molecule has 1 aliphatic heterocycles. The minimum atomic E-state index is 0.124. The molecule has 5 aromatic rings. The number of furan rings is 1. The average Bonchev–Trinajstić information content (AvgIpc) is 3.45. The summed E-state index contributed by atoms with van der Waals surface area (Å²) in [6.07, 6.45) is 1.65. The lowest BCUT2D eigenvalue weighted by atomic mass is 9.98. The number of phenols is 1. The van der Waals surface area contributed by atoms with E-state index in [1.54, 1.807) is 12.3 Å². The summed E-state index contributed by atoms with van der Waals surface area (Å²) < 4.78 is 11.8. The van der Waals surface area contributed by atoms with E-state index < -0.39 is 0 Å². The summed E-state index contributed by atoms with van der Waals surface area (Å²) >= 11 is 0. The van der Waals surface area contributed by atoms with Gasteiger partial charge in [-0.1, -0.05) is 78.9 Å². The van der Waals surface area contributed by atoms with Gasteiger partial charge in [0.1, 0.15) is 17.4 Å². The first kappa shape index (κ1) is 27.8. The number of ether oxygens (including phenoxy) is 1. The van der Waals surface area contributed by atoms with Crippen LogP contribution in [0.2, 0.25) is 0 Å². The third-order valence-corrected chi connectivity index (χ3v) is 7.71. The molecule has 7 heteroatoms. The van der Waals surface area contributed by atoms with Crippen molar-refractivity contribution in [3.05, 3.63) is 120 Å². The van der Waals surface area contributed by atoms with Crippen molar-refractivity contribution in [2.45, 2.75) is 6.54 Å². The standard InChI is InChI=1S/C36H32N4O3/c1-42-32-22-26(21-29(34(32)41)25-39-17-19-40(20-18-39)30-15-9-4-10-16-30)24-38-36-31(23-37)33(27-11-5-2-6-12-27)35(43-36)28-13-7-3-8-14-28/h2-16,21-22,24,41H,17-20,25H2,1H3. The summed E-state index contributed by atoms with van der Waals surface area (Å²) in [6, 6.07) is 35.9. The number of anilines is 1. The lowest BCUT2D eigenvalue weighted by molar-refractivity contribution is 0.245. The first-order valence-electron chi connectivity index (χ1n) is 14.3. The molecule has 0 saturated carbocycles. The van der Waals surface area contributed by atoms with Crippen LogP contribution in [0.1, 0.15) is 16.7 Å².